The number of halogens is 1. The Morgan fingerprint density at radius 2 is 2.44 bits per heavy atom. The number of ether oxygens (including phenoxy) is 1. The SMILES string of the molecule is CN1CCCCC1COc1ccncc1Br. The van der Waals surface area contributed by atoms with Gasteiger partial charge >= 0.3 is 0 Å². The quantitative estimate of drug-likeness (QED) is 0.854. The number of hydrogen-bond acceptors (Lipinski definition) is 3. The summed E-state index contributed by atoms with van der Waals surface area (Å²) < 4.78 is 6.74. The van der Waals surface area contributed by atoms with Gasteiger partial charge in [-0.2, -0.15) is 0 Å². The van der Waals surface area contributed by atoms with Crippen molar-refractivity contribution in [2.24, 2.45) is 0 Å². The fourth-order valence-electron chi connectivity index (χ4n) is 2.02. The molecule has 0 radical (unpaired) electrons. The van der Waals surface area contributed by atoms with Crippen molar-refractivity contribution >= 4 is 15.9 Å². The molecular formula is C12H17BrN2O. The third-order valence-corrected chi connectivity index (χ3v) is 3.68. The van der Waals surface area contributed by atoms with E-state index in [1.165, 1.54) is 25.8 Å². The predicted molar refractivity (Wildman–Crippen MR) is 67.7 cm³/mol. The molecule has 1 aliphatic heterocycles. The summed E-state index contributed by atoms with van der Waals surface area (Å²) in [6.45, 7) is 1.95. The molecule has 0 spiro atoms. The molecule has 1 saturated heterocycles. The molecule has 1 unspecified atom stereocenters. The van der Waals surface area contributed by atoms with Crippen molar-refractivity contribution in [3.05, 3.63) is 22.9 Å². The molecule has 1 aliphatic rings. The van der Waals surface area contributed by atoms with E-state index in [9.17, 15) is 0 Å². The molecule has 0 aromatic carbocycles. The lowest BCUT2D eigenvalue weighted by atomic mass is 10.0. The zero-order chi connectivity index (χ0) is 11.4. The fourth-order valence-corrected chi connectivity index (χ4v) is 2.39. The molecule has 4 heteroatoms. The monoisotopic (exact) mass is 284 g/mol. The number of pyridine rings is 1. The van der Waals surface area contributed by atoms with Crippen LogP contribution in [0.3, 0.4) is 0 Å². The number of nitrogens with zero attached hydrogens (tertiary/aromatic N) is 2. The summed E-state index contributed by atoms with van der Waals surface area (Å²) >= 11 is 3.44. The molecule has 0 aliphatic carbocycles. The molecule has 2 rings (SSSR count). The summed E-state index contributed by atoms with van der Waals surface area (Å²) in [4.78, 5) is 6.40. The van der Waals surface area contributed by atoms with Gasteiger partial charge in [0.15, 0.2) is 0 Å². The van der Waals surface area contributed by atoms with Crippen LogP contribution in [0.2, 0.25) is 0 Å². The van der Waals surface area contributed by atoms with Crippen molar-refractivity contribution in [3.63, 3.8) is 0 Å². The Morgan fingerprint density at radius 3 is 3.19 bits per heavy atom. The molecule has 0 bridgehead atoms. The van der Waals surface area contributed by atoms with Crippen molar-refractivity contribution in [1.29, 1.82) is 0 Å². The van der Waals surface area contributed by atoms with Crippen molar-refractivity contribution < 1.29 is 4.74 Å². The first-order valence-corrected chi connectivity index (χ1v) is 6.49. The van der Waals surface area contributed by atoms with Crippen molar-refractivity contribution in [3.8, 4) is 5.75 Å². The number of piperidine rings is 1. The Balaban J connectivity index is 1.89. The maximum Gasteiger partial charge on any atom is 0.136 e. The zero-order valence-electron chi connectivity index (χ0n) is 9.53. The van der Waals surface area contributed by atoms with Gasteiger partial charge in [-0.25, -0.2) is 0 Å². The maximum absolute atomic E-state index is 5.82. The third kappa shape index (κ3) is 2.95. The number of rotatable bonds is 3. The second-order valence-corrected chi connectivity index (χ2v) is 5.10. The van der Waals surface area contributed by atoms with Gasteiger partial charge in [-0.1, -0.05) is 6.42 Å². The molecule has 2 heterocycles. The molecule has 1 aromatic rings. The molecule has 0 saturated carbocycles. The second-order valence-electron chi connectivity index (χ2n) is 4.25. The van der Waals surface area contributed by atoms with E-state index in [0.717, 1.165) is 16.8 Å². The van der Waals surface area contributed by atoms with Crippen molar-refractivity contribution in [2.45, 2.75) is 25.3 Å². The van der Waals surface area contributed by atoms with Crippen LogP contribution >= 0.6 is 15.9 Å². The van der Waals surface area contributed by atoms with Crippen molar-refractivity contribution in [1.82, 2.24) is 9.88 Å². The largest absolute Gasteiger partial charge is 0.491 e. The minimum absolute atomic E-state index is 0.550. The van der Waals surface area contributed by atoms with Crippen LogP contribution in [0, 0.1) is 0 Å². The number of likely N-dealkylation sites (N-methyl/N-ethyl adjacent to an activating group) is 1. The topological polar surface area (TPSA) is 25.4 Å². The second kappa shape index (κ2) is 5.64. The molecule has 1 fully saturated rings. The first-order valence-electron chi connectivity index (χ1n) is 5.70. The Morgan fingerprint density at radius 1 is 1.56 bits per heavy atom. The standard InChI is InChI=1S/C12H17BrN2O/c1-15-7-3-2-4-10(15)9-16-12-5-6-14-8-11(12)13/h5-6,8,10H,2-4,7,9H2,1H3. The normalized spacial score (nSPS) is 22.0. The fraction of sp³-hybridized carbons (Fsp3) is 0.583. The van der Waals surface area contributed by atoms with E-state index in [0.29, 0.717) is 6.04 Å². The maximum atomic E-state index is 5.82. The Bertz CT molecular complexity index is 346. The molecule has 3 nitrogen and oxygen atoms in total. The molecule has 88 valence electrons. The Labute approximate surface area is 105 Å². The Hall–Kier alpha value is -0.610. The van der Waals surface area contributed by atoms with Gasteiger partial charge in [0.05, 0.1) is 4.47 Å². The van der Waals surface area contributed by atoms with Crippen LogP contribution in [-0.2, 0) is 0 Å². The summed E-state index contributed by atoms with van der Waals surface area (Å²) in [5.74, 6) is 0.883. The van der Waals surface area contributed by atoms with Gasteiger partial charge in [0.25, 0.3) is 0 Å². The molecule has 0 amide bonds. The van der Waals surface area contributed by atoms with Gasteiger partial charge in [-0.15, -0.1) is 0 Å². The molecule has 0 N–H and O–H groups in total. The molecule has 1 aromatic heterocycles. The lowest BCUT2D eigenvalue weighted by Gasteiger charge is -2.32. The average molecular weight is 285 g/mol. The highest BCUT2D eigenvalue weighted by atomic mass is 79.9. The van der Waals surface area contributed by atoms with E-state index < -0.39 is 0 Å². The minimum Gasteiger partial charge on any atom is -0.491 e. The van der Waals surface area contributed by atoms with Crippen molar-refractivity contribution in [2.75, 3.05) is 20.2 Å². The van der Waals surface area contributed by atoms with E-state index in [1.807, 2.05) is 6.07 Å². The lowest BCUT2D eigenvalue weighted by Crippen LogP contribution is -2.40. The van der Waals surface area contributed by atoms with Gasteiger partial charge in [-0.05, 0) is 48.4 Å². The van der Waals surface area contributed by atoms with E-state index in [1.54, 1.807) is 12.4 Å². The highest BCUT2D eigenvalue weighted by Gasteiger charge is 2.19. The molecular weight excluding hydrogens is 268 g/mol. The molecule has 16 heavy (non-hydrogen) atoms. The van der Waals surface area contributed by atoms with Gasteiger partial charge in [0, 0.05) is 18.4 Å². The smallest absolute Gasteiger partial charge is 0.136 e. The van der Waals surface area contributed by atoms with Crippen LogP contribution in [0.15, 0.2) is 22.9 Å². The predicted octanol–water partition coefficient (Wildman–Crippen LogP) is 2.71. The zero-order valence-corrected chi connectivity index (χ0v) is 11.1. The molecule has 1 atom stereocenters. The average Bonchev–Trinajstić information content (AvgIpc) is 2.30. The van der Waals surface area contributed by atoms with Crippen LogP contribution in [0.4, 0.5) is 0 Å². The Kier molecular flexibility index (Phi) is 4.18. The summed E-state index contributed by atoms with van der Waals surface area (Å²) in [5.41, 5.74) is 0. The number of aromatic nitrogens is 1. The van der Waals surface area contributed by atoms with Crippen LogP contribution in [0.1, 0.15) is 19.3 Å². The van der Waals surface area contributed by atoms with E-state index in [2.05, 4.69) is 32.9 Å². The van der Waals surface area contributed by atoms with Gasteiger partial charge in [0.2, 0.25) is 0 Å². The van der Waals surface area contributed by atoms with Crippen LogP contribution in [-0.4, -0.2) is 36.1 Å². The summed E-state index contributed by atoms with van der Waals surface area (Å²) in [5, 5.41) is 0. The first kappa shape index (κ1) is 11.9. The highest BCUT2D eigenvalue weighted by Crippen LogP contribution is 2.24. The lowest BCUT2D eigenvalue weighted by molar-refractivity contribution is 0.124. The first-order chi connectivity index (χ1) is 7.77. The minimum atomic E-state index is 0.550. The number of likely N-dealkylation sites (tertiary alicyclic amines) is 1. The summed E-state index contributed by atoms with van der Waals surface area (Å²) in [6.07, 6.45) is 7.38. The summed E-state index contributed by atoms with van der Waals surface area (Å²) in [7, 11) is 2.18. The van der Waals surface area contributed by atoms with Gasteiger partial charge in [-0.3, -0.25) is 4.98 Å². The third-order valence-electron chi connectivity index (χ3n) is 3.09. The van der Waals surface area contributed by atoms with E-state index in [4.69, 9.17) is 4.74 Å². The summed E-state index contributed by atoms with van der Waals surface area (Å²) in [6, 6.07) is 2.45. The van der Waals surface area contributed by atoms with Crippen LogP contribution in [0.25, 0.3) is 0 Å². The van der Waals surface area contributed by atoms with Gasteiger partial charge in [0.1, 0.15) is 12.4 Å². The van der Waals surface area contributed by atoms with E-state index >= 15 is 0 Å². The van der Waals surface area contributed by atoms with Gasteiger partial charge < -0.3 is 9.64 Å². The highest BCUT2D eigenvalue weighted by molar-refractivity contribution is 9.10. The number of hydrogen-bond donors (Lipinski definition) is 0. The van der Waals surface area contributed by atoms with Crippen LogP contribution < -0.4 is 4.74 Å². The van der Waals surface area contributed by atoms with E-state index in [-0.39, 0.29) is 0 Å². The van der Waals surface area contributed by atoms with Crippen LogP contribution in [0.5, 0.6) is 5.75 Å².